The molecule has 0 heterocycles. The maximum absolute atomic E-state index is 12.0. The van der Waals surface area contributed by atoms with Crippen molar-refractivity contribution in [1.29, 1.82) is 0 Å². The molecular weight excluding hydrogens is 285 g/mol. The Morgan fingerprint density at radius 3 is 2.33 bits per heavy atom. The fourth-order valence-corrected chi connectivity index (χ4v) is 2.36. The Hall–Kier alpha value is -0.390. The van der Waals surface area contributed by atoms with E-state index in [4.69, 9.17) is 16.7 Å². The molecule has 0 saturated heterocycles. The first-order valence-corrected chi connectivity index (χ1v) is 6.83. The van der Waals surface area contributed by atoms with Crippen LogP contribution in [0.3, 0.4) is 0 Å². The Morgan fingerprint density at radius 1 is 1.22 bits per heavy atom. The SMILES string of the molecule is OCC(CCSC(F)(F)F)Cc1ccc(Cl)cc1. The second kappa shape index (κ2) is 7.26. The molecule has 0 aliphatic rings. The smallest absolute Gasteiger partial charge is 0.396 e. The molecule has 1 rings (SSSR count). The van der Waals surface area contributed by atoms with Gasteiger partial charge >= 0.3 is 5.51 Å². The summed E-state index contributed by atoms with van der Waals surface area (Å²) in [4.78, 5) is 0. The van der Waals surface area contributed by atoms with Crippen LogP contribution in [0.4, 0.5) is 13.2 Å². The van der Waals surface area contributed by atoms with Crippen LogP contribution in [0.2, 0.25) is 5.02 Å². The Morgan fingerprint density at radius 2 is 1.83 bits per heavy atom. The van der Waals surface area contributed by atoms with Gasteiger partial charge in [0.15, 0.2) is 0 Å². The van der Waals surface area contributed by atoms with Crippen molar-refractivity contribution in [2.24, 2.45) is 5.92 Å². The molecular formula is C12H14ClF3OS. The summed E-state index contributed by atoms with van der Waals surface area (Å²) in [6.45, 7) is -0.110. The highest BCUT2D eigenvalue weighted by molar-refractivity contribution is 8.00. The third-order valence-electron chi connectivity index (χ3n) is 2.49. The first-order chi connectivity index (χ1) is 8.40. The summed E-state index contributed by atoms with van der Waals surface area (Å²) >= 11 is 5.70. The third kappa shape index (κ3) is 6.52. The van der Waals surface area contributed by atoms with Crippen molar-refractivity contribution in [1.82, 2.24) is 0 Å². The molecule has 0 bridgehead atoms. The van der Waals surface area contributed by atoms with Crippen molar-refractivity contribution in [3.05, 3.63) is 34.9 Å². The van der Waals surface area contributed by atoms with E-state index >= 15 is 0 Å². The number of aliphatic hydroxyl groups excluding tert-OH is 1. The van der Waals surface area contributed by atoms with E-state index in [9.17, 15) is 13.2 Å². The fourth-order valence-electron chi connectivity index (χ4n) is 1.55. The quantitative estimate of drug-likeness (QED) is 0.852. The standard InChI is InChI=1S/C12H14ClF3OS/c13-11-3-1-9(2-4-11)7-10(8-17)5-6-18-12(14,15)16/h1-4,10,17H,5-8H2. The predicted octanol–water partition coefficient (Wildman–Crippen LogP) is 4.13. The van der Waals surface area contributed by atoms with Crippen LogP contribution in [0.5, 0.6) is 0 Å². The van der Waals surface area contributed by atoms with Crippen molar-refractivity contribution in [2.75, 3.05) is 12.4 Å². The molecule has 1 nitrogen and oxygen atoms in total. The molecule has 6 heteroatoms. The van der Waals surface area contributed by atoms with E-state index < -0.39 is 5.51 Å². The van der Waals surface area contributed by atoms with Gasteiger partial charge in [0.1, 0.15) is 0 Å². The highest BCUT2D eigenvalue weighted by atomic mass is 35.5. The number of thioether (sulfide) groups is 1. The number of halogens is 4. The second-order valence-electron chi connectivity index (χ2n) is 3.96. The molecule has 0 spiro atoms. The van der Waals surface area contributed by atoms with Gasteiger partial charge in [0, 0.05) is 17.4 Å². The number of aliphatic hydroxyl groups is 1. The molecule has 1 unspecified atom stereocenters. The van der Waals surface area contributed by atoms with Crippen molar-refractivity contribution < 1.29 is 18.3 Å². The molecule has 0 aliphatic carbocycles. The predicted molar refractivity (Wildman–Crippen MR) is 68.9 cm³/mol. The zero-order valence-electron chi connectivity index (χ0n) is 9.58. The molecule has 0 amide bonds. The summed E-state index contributed by atoms with van der Waals surface area (Å²) in [7, 11) is 0. The average molecular weight is 299 g/mol. The molecule has 0 fully saturated rings. The summed E-state index contributed by atoms with van der Waals surface area (Å²) in [5.41, 5.74) is -3.23. The van der Waals surface area contributed by atoms with Gasteiger partial charge in [0.25, 0.3) is 0 Å². The van der Waals surface area contributed by atoms with Crippen LogP contribution in [-0.2, 0) is 6.42 Å². The van der Waals surface area contributed by atoms with Crippen LogP contribution in [0.1, 0.15) is 12.0 Å². The van der Waals surface area contributed by atoms with Gasteiger partial charge in [-0.15, -0.1) is 0 Å². The normalized spacial score (nSPS) is 13.6. The van der Waals surface area contributed by atoms with Gasteiger partial charge in [-0.1, -0.05) is 35.5 Å². The average Bonchev–Trinajstić information content (AvgIpc) is 2.29. The zero-order valence-corrected chi connectivity index (χ0v) is 11.2. The molecule has 102 valence electrons. The van der Waals surface area contributed by atoms with Gasteiger partial charge in [0.05, 0.1) is 0 Å². The van der Waals surface area contributed by atoms with Gasteiger partial charge in [-0.3, -0.25) is 0 Å². The Kier molecular flexibility index (Phi) is 6.32. The number of hydrogen-bond acceptors (Lipinski definition) is 2. The van der Waals surface area contributed by atoms with Crippen LogP contribution < -0.4 is 0 Å². The zero-order chi connectivity index (χ0) is 13.6. The number of alkyl halides is 3. The number of rotatable bonds is 6. The minimum Gasteiger partial charge on any atom is -0.396 e. The van der Waals surface area contributed by atoms with Crippen LogP contribution in [0.25, 0.3) is 0 Å². The van der Waals surface area contributed by atoms with Crippen LogP contribution in [0, 0.1) is 5.92 Å². The Bertz CT molecular complexity index is 353. The van der Waals surface area contributed by atoms with E-state index in [1.807, 2.05) is 12.1 Å². The van der Waals surface area contributed by atoms with Gasteiger partial charge in [-0.05, 0) is 36.5 Å². The maximum atomic E-state index is 12.0. The number of hydrogen-bond donors (Lipinski definition) is 1. The second-order valence-corrected chi connectivity index (χ2v) is 5.56. The molecule has 0 saturated carbocycles. The van der Waals surface area contributed by atoms with E-state index in [0.717, 1.165) is 5.56 Å². The summed E-state index contributed by atoms with van der Waals surface area (Å²) in [6, 6.07) is 7.11. The van der Waals surface area contributed by atoms with E-state index in [1.54, 1.807) is 12.1 Å². The molecule has 1 atom stereocenters. The van der Waals surface area contributed by atoms with E-state index in [1.165, 1.54) is 0 Å². The third-order valence-corrected chi connectivity index (χ3v) is 3.51. The lowest BCUT2D eigenvalue weighted by atomic mass is 9.98. The highest BCUT2D eigenvalue weighted by Gasteiger charge is 2.28. The lowest BCUT2D eigenvalue weighted by Crippen LogP contribution is -2.12. The Labute approximate surface area is 113 Å². The van der Waals surface area contributed by atoms with E-state index in [2.05, 4.69) is 0 Å². The lowest BCUT2D eigenvalue weighted by molar-refractivity contribution is -0.0328. The van der Waals surface area contributed by atoms with Gasteiger partial charge < -0.3 is 5.11 Å². The molecule has 0 aliphatic heterocycles. The van der Waals surface area contributed by atoms with Crippen LogP contribution in [-0.4, -0.2) is 23.0 Å². The molecule has 18 heavy (non-hydrogen) atoms. The summed E-state index contributed by atoms with van der Waals surface area (Å²) < 4.78 is 35.9. The topological polar surface area (TPSA) is 20.2 Å². The van der Waals surface area contributed by atoms with Crippen molar-refractivity contribution in [3.8, 4) is 0 Å². The first-order valence-electron chi connectivity index (χ1n) is 5.46. The fraction of sp³-hybridized carbons (Fsp3) is 0.500. The van der Waals surface area contributed by atoms with Crippen LogP contribution in [0.15, 0.2) is 24.3 Å². The largest absolute Gasteiger partial charge is 0.441 e. The summed E-state index contributed by atoms with van der Waals surface area (Å²) in [5.74, 6) is -0.177. The van der Waals surface area contributed by atoms with E-state index in [0.29, 0.717) is 17.9 Å². The minimum absolute atomic E-state index is 0.0255. The lowest BCUT2D eigenvalue weighted by Gasteiger charge is -2.14. The molecule has 1 aromatic rings. The molecule has 1 N–H and O–H groups in total. The first kappa shape index (κ1) is 15.7. The highest BCUT2D eigenvalue weighted by Crippen LogP contribution is 2.31. The molecule has 0 aromatic heterocycles. The van der Waals surface area contributed by atoms with Crippen LogP contribution >= 0.6 is 23.4 Å². The monoisotopic (exact) mass is 298 g/mol. The summed E-state index contributed by atoms with van der Waals surface area (Å²) in [5, 5.41) is 9.77. The van der Waals surface area contributed by atoms with Gasteiger partial charge in [-0.2, -0.15) is 13.2 Å². The Balaban J connectivity index is 2.40. The maximum Gasteiger partial charge on any atom is 0.441 e. The minimum atomic E-state index is -4.19. The summed E-state index contributed by atoms with van der Waals surface area (Å²) in [6.07, 6.45) is 0.898. The number of benzene rings is 1. The van der Waals surface area contributed by atoms with Crippen molar-refractivity contribution in [2.45, 2.75) is 18.3 Å². The van der Waals surface area contributed by atoms with Crippen molar-refractivity contribution in [3.63, 3.8) is 0 Å². The van der Waals surface area contributed by atoms with Crippen molar-refractivity contribution >= 4 is 23.4 Å². The van der Waals surface area contributed by atoms with Gasteiger partial charge in [0.2, 0.25) is 0 Å². The molecule has 0 radical (unpaired) electrons. The van der Waals surface area contributed by atoms with E-state index in [-0.39, 0.29) is 30.0 Å². The van der Waals surface area contributed by atoms with Gasteiger partial charge in [-0.25, -0.2) is 0 Å². The molecule has 1 aromatic carbocycles.